The van der Waals surface area contributed by atoms with E-state index in [1.54, 1.807) is 7.11 Å². The summed E-state index contributed by atoms with van der Waals surface area (Å²) in [7, 11) is 1.66. The lowest BCUT2D eigenvalue weighted by Crippen LogP contribution is -2.02. The Bertz CT molecular complexity index is 834. The van der Waals surface area contributed by atoms with Crippen LogP contribution in [0.2, 0.25) is 0 Å². The van der Waals surface area contributed by atoms with Crippen LogP contribution in [0.5, 0.6) is 5.75 Å². The van der Waals surface area contributed by atoms with E-state index in [9.17, 15) is 0 Å². The van der Waals surface area contributed by atoms with Crippen LogP contribution >= 0.6 is 0 Å². The molecule has 0 aliphatic carbocycles. The molecule has 0 fully saturated rings. The lowest BCUT2D eigenvalue weighted by molar-refractivity contribution is 0.416. The summed E-state index contributed by atoms with van der Waals surface area (Å²) >= 11 is 0. The van der Waals surface area contributed by atoms with Crippen molar-refractivity contribution in [2.45, 2.75) is 13.8 Å². The Morgan fingerprint density at radius 1 is 0.833 bits per heavy atom. The molecule has 0 saturated carbocycles. The van der Waals surface area contributed by atoms with Gasteiger partial charge in [0.1, 0.15) is 23.2 Å². The smallest absolute Gasteiger partial charge is 0.142 e. The van der Waals surface area contributed by atoms with Crippen LogP contribution in [0.15, 0.2) is 54.6 Å². The van der Waals surface area contributed by atoms with Crippen molar-refractivity contribution in [3.05, 3.63) is 66.0 Å². The molecule has 0 radical (unpaired) electrons. The van der Waals surface area contributed by atoms with Gasteiger partial charge in [-0.3, -0.25) is 0 Å². The number of hydrogen-bond acceptors (Lipinski definition) is 5. The second kappa shape index (κ2) is 7.00. The summed E-state index contributed by atoms with van der Waals surface area (Å²) in [5.41, 5.74) is 3.00. The molecule has 1 aromatic heterocycles. The molecular weight excluding hydrogens is 300 g/mol. The zero-order valence-corrected chi connectivity index (χ0v) is 14.0. The molecule has 1 heterocycles. The van der Waals surface area contributed by atoms with Gasteiger partial charge in [0.15, 0.2) is 0 Å². The second-order valence-corrected chi connectivity index (χ2v) is 5.51. The average molecular weight is 320 g/mol. The topological polar surface area (TPSA) is 59.1 Å². The molecule has 5 heteroatoms. The van der Waals surface area contributed by atoms with E-state index < -0.39 is 0 Å². The van der Waals surface area contributed by atoms with E-state index in [4.69, 9.17) is 4.74 Å². The molecule has 0 atom stereocenters. The van der Waals surface area contributed by atoms with Gasteiger partial charge in [0.05, 0.1) is 12.8 Å². The van der Waals surface area contributed by atoms with Crippen LogP contribution < -0.4 is 15.4 Å². The minimum atomic E-state index is 0.685. The molecule has 0 spiro atoms. The van der Waals surface area contributed by atoms with Gasteiger partial charge in [-0.1, -0.05) is 24.3 Å². The number of benzene rings is 2. The molecule has 2 N–H and O–H groups in total. The van der Waals surface area contributed by atoms with E-state index in [0.717, 1.165) is 28.5 Å². The highest BCUT2D eigenvalue weighted by Gasteiger charge is 2.07. The molecule has 0 aliphatic rings. The van der Waals surface area contributed by atoms with Gasteiger partial charge >= 0.3 is 0 Å². The van der Waals surface area contributed by atoms with Gasteiger partial charge in [0.2, 0.25) is 0 Å². The van der Waals surface area contributed by atoms with Crippen LogP contribution in [0.4, 0.5) is 23.0 Å². The zero-order chi connectivity index (χ0) is 16.9. The minimum absolute atomic E-state index is 0.685. The van der Waals surface area contributed by atoms with Crippen molar-refractivity contribution in [2.24, 2.45) is 0 Å². The van der Waals surface area contributed by atoms with E-state index in [1.807, 2.05) is 68.4 Å². The molecule has 24 heavy (non-hydrogen) atoms. The highest BCUT2D eigenvalue weighted by Crippen LogP contribution is 2.28. The fraction of sp³-hybridized carbons (Fsp3) is 0.158. The lowest BCUT2D eigenvalue weighted by Gasteiger charge is -2.13. The van der Waals surface area contributed by atoms with Crippen molar-refractivity contribution in [1.29, 1.82) is 0 Å². The quantitative estimate of drug-likeness (QED) is 0.720. The number of aryl methyl sites for hydroxylation is 2. The van der Waals surface area contributed by atoms with Crippen molar-refractivity contribution >= 4 is 23.0 Å². The van der Waals surface area contributed by atoms with Gasteiger partial charge in [-0.05, 0) is 43.7 Å². The Morgan fingerprint density at radius 2 is 1.54 bits per heavy atom. The Labute approximate surface area is 141 Å². The van der Waals surface area contributed by atoms with E-state index in [1.165, 1.54) is 0 Å². The first-order valence-electron chi connectivity index (χ1n) is 7.73. The number of anilines is 4. The number of hydrogen-bond donors (Lipinski definition) is 2. The van der Waals surface area contributed by atoms with E-state index >= 15 is 0 Å². The van der Waals surface area contributed by atoms with Gasteiger partial charge in [-0.25, -0.2) is 9.97 Å². The van der Waals surface area contributed by atoms with Crippen LogP contribution in [0.25, 0.3) is 0 Å². The van der Waals surface area contributed by atoms with Crippen LogP contribution in [-0.2, 0) is 0 Å². The number of nitrogens with one attached hydrogen (secondary N) is 2. The summed E-state index contributed by atoms with van der Waals surface area (Å²) in [6, 6.07) is 17.8. The first-order chi connectivity index (χ1) is 11.6. The third-order valence-electron chi connectivity index (χ3n) is 3.50. The van der Waals surface area contributed by atoms with Crippen molar-refractivity contribution in [3.8, 4) is 5.75 Å². The molecule has 0 bridgehead atoms. The van der Waals surface area contributed by atoms with E-state index in [-0.39, 0.29) is 0 Å². The van der Waals surface area contributed by atoms with Gasteiger partial charge < -0.3 is 15.4 Å². The predicted octanol–water partition coefficient (Wildman–Crippen LogP) is 4.59. The van der Waals surface area contributed by atoms with Crippen molar-refractivity contribution in [3.63, 3.8) is 0 Å². The van der Waals surface area contributed by atoms with Crippen LogP contribution in [0, 0.1) is 13.8 Å². The van der Waals surface area contributed by atoms with Crippen molar-refractivity contribution in [2.75, 3.05) is 17.7 Å². The Balaban J connectivity index is 1.88. The van der Waals surface area contributed by atoms with Gasteiger partial charge in [-0.15, -0.1) is 0 Å². The number of ether oxygens (including phenoxy) is 1. The van der Waals surface area contributed by atoms with Crippen molar-refractivity contribution in [1.82, 2.24) is 9.97 Å². The number of nitrogens with zero attached hydrogens (tertiary/aromatic N) is 2. The molecule has 0 aliphatic heterocycles. The third kappa shape index (κ3) is 3.81. The predicted molar refractivity (Wildman–Crippen MR) is 97.5 cm³/mol. The molecule has 5 nitrogen and oxygen atoms in total. The summed E-state index contributed by atoms with van der Waals surface area (Å²) in [6.45, 7) is 3.91. The second-order valence-electron chi connectivity index (χ2n) is 5.51. The number of para-hydroxylation sites is 1. The maximum absolute atomic E-state index is 5.41. The molecule has 3 rings (SSSR count). The average Bonchev–Trinajstić information content (AvgIpc) is 2.55. The van der Waals surface area contributed by atoms with Crippen molar-refractivity contribution < 1.29 is 4.74 Å². The summed E-state index contributed by atoms with van der Waals surface area (Å²) in [5, 5.41) is 6.60. The summed E-state index contributed by atoms with van der Waals surface area (Å²) in [4.78, 5) is 8.90. The van der Waals surface area contributed by atoms with Crippen LogP contribution in [0.1, 0.15) is 11.4 Å². The third-order valence-corrected chi connectivity index (χ3v) is 3.50. The van der Waals surface area contributed by atoms with Gasteiger partial charge in [-0.2, -0.15) is 0 Å². The van der Waals surface area contributed by atoms with E-state index in [2.05, 4.69) is 20.6 Å². The molecule has 122 valence electrons. The minimum Gasteiger partial charge on any atom is -0.495 e. The first kappa shape index (κ1) is 15.8. The van der Waals surface area contributed by atoms with Gasteiger partial charge in [0, 0.05) is 11.8 Å². The van der Waals surface area contributed by atoms with Crippen LogP contribution in [0.3, 0.4) is 0 Å². The zero-order valence-electron chi connectivity index (χ0n) is 14.0. The summed E-state index contributed by atoms with van der Waals surface area (Å²) in [5.74, 6) is 2.91. The molecule has 0 unspecified atom stereocenters. The normalized spacial score (nSPS) is 10.3. The number of rotatable bonds is 5. The Morgan fingerprint density at radius 3 is 2.25 bits per heavy atom. The van der Waals surface area contributed by atoms with Crippen LogP contribution in [-0.4, -0.2) is 17.1 Å². The standard InChI is InChI=1S/C19H20N4O/c1-13-9-10-17(24-3)16(11-13)23-19-12-18(20-14(2)21-19)22-15-7-5-4-6-8-15/h4-12H,1-3H3,(H2,20,21,22,23). The van der Waals surface area contributed by atoms with Gasteiger partial charge in [0.25, 0.3) is 0 Å². The Kier molecular flexibility index (Phi) is 4.61. The van der Waals surface area contributed by atoms with E-state index in [0.29, 0.717) is 11.6 Å². The molecule has 0 saturated heterocycles. The molecule has 3 aromatic rings. The highest BCUT2D eigenvalue weighted by molar-refractivity contribution is 5.67. The Hall–Kier alpha value is -3.08. The highest BCUT2D eigenvalue weighted by atomic mass is 16.5. The maximum Gasteiger partial charge on any atom is 0.142 e. The molecule has 0 amide bonds. The maximum atomic E-state index is 5.41. The fourth-order valence-electron chi connectivity index (χ4n) is 2.42. The number of aromatic nitrogens is 2. The summed E-state index contributed by atoms with van der Waals surface area (Å²) in [6.07, 6.45) is 0. The fourth-order valence-corrected chi connectivity index (χ4v) is 2.42. The lowest BCUT2D eigenvalue weighted by atomic mass is 10.2. The molecule has 2 aromatic carbocycles. The molecular formula is C19H20N4O. The summed E-state index contributed by atoms with van der Waals surface area (Å²) < 4.78 is 5.41. The SMILES string of the molecule is COc1ccc(C)cc1Nc1cc(Nc2ccccc2)nc(C)n1. The largest absolute Gasteiger partial charge is 0.495 e. The number of methoxy groups -OCH3 is 1. The first-order valence-corrected chi connectivity index (χ1v) is 7.73. The monoisotopic (exact) mass is 320 g/mol.